The van der Waals surface area contributed by atoms with Crippen molar-refractivity contribution in [1.82, 2.24) is 24.6 Å². The maximum atomic E-state index is 12.6. The van der Waals surface area contributed by atoms with Crippen molar-refractivity contribution >= 4 is 11.7 Å². The van der Waals surface area contributed by atoms with Crippen molar-refractivity contribution in [2.45, 2.75) is 18.9 Å². The molecule has 0 unspecified atom stereocenters. The molecule has 0 radical (unpaired) electrons. The quantitative estimate of drug-likeness (QED) is 0.892. The van der Waals surface area contributed by atoms with Gasteiger partial charge in [-0.3, -0.25) is 9.58 Å². The number of aryl methyl sites for hydroxylation is 1. The number of nitrogens with zero attached hydrogens (tertiary/aromatic N) is 5. The first-order valence-electron chi connectivity index (χ1n) is 9.53. The zero-order chi connectivity index (χ0) is 18.6. The highest BCUT2D eigenvalue weighted by molar-refractivity contribution is 5.89. The Hall–Kier alpha value is -2.45. The van der Waals surface area contributed by atoms with Crippen molar-refractivity contribution in [3.8, 4) is 11.4 Å². The predicted octanol–water partition coefficient (Wildman–Crippen LogP) is 1.81. The summed E-state index contributed by atoms with van der Waals surface area (Å²) in [5.74, 6) is 0.680. The standard InChI is InChI=1S/C19H26N6O2/c1-23-14-20-18(22-23)15-2-4-16(5-3-15)21-19(26)25-10-8-24(9-11-25)17-6-12-27-13-7-17/h2-5,14,17H,6-13H2,1H3,(H,21,26). The van der Waals surface area contributed by atoms with E-state index in [0.29, 0.717) is 11.9 Å². The van der Waals surface area contributed by atoms with Crippen molar-refractivity contribution in [2.24, 2.45) is 7.05 Å². The zero-order valence-electron chi connectivity index (χ0n) is 15.7. The van der Waals surface area contributed by atoms with Gasteiger partial charge in [-0.2, -0.15) is 5.10 Å². The number of benzene rings is 1. The lowest BCUT2D eigenvalue weighted by atomic mass is 10.1. The van der Waals surface area contributed by atoms with Gasteiger partial charge < -0.3 is 15.0 Å². The van der Waals surface area contributed by atoms with Crippen LogP contribution in [0.4, 0.5) is 10.5 Å². The van der Waals surface area contributed by atoms with E-state index in [4.69, 9.17) is 4.74 Å². The fourth-order valence-corrected chi connectivity index (χ4v) is 3.72. The Morgan fingerprint density at radius 3 is 2.44 bits per heavy atom. The van der Waals surface area contributed by atoms with Crippen molar-refractivity contribution in [1.29, 1.82) is 0 Å². The molecular weight excluding hydrogens is 344 g/mol. The maximum Gasteiger partial charge on any atom is 0.321 e. The number of carbonyl (C=O) groups is 1. The molecule has 4 rings (SSSR count). The number of hydrogen-bond donors (Lipinski definition) is 1. The van der Waals surface area contributed by atoms with E-state index in [2.05, 4.69) is 20.3 Å². The minimum Gasteiger partial charge on any atom is -0.381 e. The van der Waals surface area contributed by atoms with Crippen LogP contribution >= 0.6 is 0 Å². The molecule has 0 atom stereocenters. The third kappa shape index (κ3) is 4.28. The highest BCUT2D eigenvalue weighted by Crippen LogP contribution is 2.19. The molecule has 27 heavy (non-hydrogen) atoms. The van der Waals surface area contributed by atoms with E-state index >= 15 is 0 Å². The van der Waals surface area contributed by atoms with Crippen LogP contribution < -0.4 is 5.32 Å². The van der Waals surface area contributed by atoms with Gasteiger partial charge in [0.25, 0.3) is 0 Å². The van der Waals surface area contributed by atoms with Crippen molar-refractivity contribution in [3.05, 3.63) is 30.6 Å². The monoisotopic (exact) mass is 370 g/mol. The van der Waals surface area contributed by atoms with Gasteiger partial charge in [0.2, 0.25) is 0 Å². The molecule has 1 aromatic carbocycles. The number of nitrogens with one attached hydrogen (secondary N) is 1. The number of urea groups is 1. The molecular formula is C19H26N6O2. The summed E-state index contributed by atoms with van der Waals surface area (Å²) >= 11 is 0. The third-order valence-corrected chi connectivity index (χ3v) is 5.30. The van der Waals surface area contributed by atoms with Crippen LogP contribution in [-0.2, 0) is 11.8 Å². The Morgan fingerprint density at radius 1 is 1.11 bits per heavy atom. The average Bonchev–Trinajstić information content (AvgIpc) is 3.16. The Bertz CT molecular complexity index is 761. The first kappa shape index (κ1) is 17.9. The molecule has 144 valence electrons. The summed E-state index contributed by atoms with van der Waals surface area (Å²) in [5.41, 5.74) is 1.71. The SMILES string of the molecule is Cn1cnc(-c2ccc(NC(=O)N3CCN(C4CCOCC4)CC3)cc2)n1. The number of carbonyl (C=O) groups excluding carboxylic acids is 1. The van der Waals surface area contributed by atoms with E-state index in [1.54, 1.807) is 11.0 Å². The Balaban J connectivity index is 1.29. The van der Waals surface area contributed by atoms with Crippen LogP contribution in [0.3, 0.4) is 0 Å². The molecule has 0 spiro atoms. The topological polar surface area (TPSA) is 75.5 Å². The number of ether oxygens (including phenoxy) is 1. The zero-order valence-corrected chi connectivity index (χ0v) is 15.7. The molecule has 2 saturated heterocycles. The van der Waals surface area contributed by atoms with E-state index in [1.165, 1.54) is 0 Å². The molecule has 0 aliphatic carbocycles. The van der Waals surface area contributed by atoms with Crippen LogP contribution in [0.2, 0.25) is 0 Å². The summed E-state index contributed by atoms with van der Waals surface area (Å²) in [5, 5.41) is 7.28. The summed E-state index contributed by atoms with van der Waals surface area (Å²) in [7, 11) is 1.84. The van der Waals surface area contributed by atoms with Crippen molar-refractivity contribution in [3.63, 3.8) is 0 Å². The summed E-state index contributed by atoms with van der Waals surface area (Å²) in [6, 6.07) is 8.20. The molecule has 8 nitrogen and oxygen atoms in total. The molecule has 1 N–H and O–H groups in total. The number of amides is 2. The van der Waals surface area contributed by atoms with Gasteiger partial charge in [0.15, 0.2) is 5.82 Å². The number of anilines is 1. The van der Waals surface area contributed by atoms with Crippen LogP contribution in [0.15, 0.2) is 30.6 Å². The molecule has 2 amide bonds. The van der Waals surface area contributed by atoms with Gasteiger partial charge in [0, 0.05) is 63.7 Å². The van der Waals surface area contributed by atoms with Crippen LogP contribution in [0.5, 0.6) is 0 Å². The number of piperazine rings is 1. The van der Waals surface area contributed by atoms with Gasteiger partial charge >= 0.3 is 6.03 Å². The number of hydrogen-bond acceptors (Lipinski definition) is 5. The highest BCUT2D eigenvalue weighted by atomic mass is 16.5. The lowest BCUT2D eigenvalue weighted by Crippen LogP contribution is -2.53. The molecule has 0 saturated carbocycles. The summed E-state index contributed by atoms with van der Waals surface area (Å²) < 4.78 is 7.12. The molecule has 3 heterocycles. The summed E-state index contributed by atoms with van der Waals surface area (Å²) in [4.78, 5) is 21.2. The fraction of sp³-hybridized carbons (Fsp3) is 0.526. The molecule has 2 aromatic rings. The summed E-state index contributed by atoms with van der Waals surface area (Å²) in [6.07, 6.45) is 3.87. The second-order valence-electron chi connectivity index (χ2n) is 7.12. The normalized spacial score (nSPS) is 19.2. The Morgan fingerprint density at radius 2 is 1.81 bits per heavy atom. The first-order valence-corrected chi connectivity index (χ1v) is 9.53. The van der Waals surface area contributed by atoms with E-state index in [0.717, 1.165) is 63.5 Å². The second kappa shape index (κ2) is 8.06. The van der Waals surface area contributed by atoms with Gasteiger partial charge in [-0.1, -0.05) is 0 Å². The van der Waals surface area contributed by atoms with Crippen LogP contribution in [0, 0.1) is 0 Å². The maximum absolute atomic E-state index is 12.6. The van der Waals surface area contributed by atoms with E-state index < -0.39 is 0 Å². The predicted molar refractivity (Wildman–Crippen MR) is 102 cm³/mol. The number of aromatic nitrogens is 3. The highest BCUT2D eigenvalue weighted by Gasteiger charge is 2.27. The third-order valence-electron chi connectivity index (χ3n) is 5.30. The van der Waals surface area contributed by atoms with E-state index in [1.807, 2.05) is 36.2 Å². The fourth-order valence-electron chi connectivity index (χ4n) is 3.72. The van der Waals surface area contributed by atoms with Crippen LogP contribution in [0.25, 0.3) is 11.4 Å². The molecule has 0 bridgehead atoms. The summed E-state index contributed by atoms with van der Waals surface area (Å²) in [6.45, 7) is 5.10. The van der Waals surface area contributed by atoms with Gasteiger partial charge in [-0.05, 0) is 37.1 Å². The van der Waals surface area contributed by atoms with Crippen molar-refractivity contribution in [2.75, 3.05) is 44.7 Å². The second-order valence-corrected chi connectivity index (χ2v) is 7.12. The smallest absolute Gasteiger partial charge is 0.321 e. The van der Waals surface area contributed by atoms with Crippen LogP contribution in [-0.4, -0.2) is 76.0 Å². The van der Waals surface area contributed by atoms with Gasteiger partial charge in [0.1, 0.15) is 6.33 Å². The van der Waals surface area contributed by atoms with Gasteiger partial charge in [-0.25, -0.2) is 9.78 Å². The molecule has 1 aromatic heterocycles. The Labute approximate surface area is 159 Å². The molecule has 2 aliphatic rings. The molecule has 2 aliphatic heterocycles. The average molecular weight is 370 g/mol. The van der Waals surface area contributed by atoms with Gasteiger partial charge in [-0.15, -0.1) is 0 Å². The largest absolute Gasteiger partial charge is 0.381 e. The lowest BCUT2D eigenvalue weighted by Gasteiger charge is -2.40. The first-order chi connectivity index (χ1) is 13.2. The van der Waals surface area contributed by atoms with Crippen LogP contribution in [0.1, 0.15) is 12.8 Å². The lowest BCUT2D eigenvalue weighted by molar-refractivity contribution is 0.0194. The van der Waals surface area contributed by atoms with Crippen molar-refractivity contribution < 1.29 is 9.53 Å². The Kier molecular flexibility index (Phi) is 5.35. The van der Waals surface area contributed by atoms with Gasteiger partial charge in [0.05, 0.1) is 0 Å². The molecule has 8 heteroatoms. The molecule has 2 fully saturated rings. The van der Waals surface area contributed by atoms with E-state index in [-0.39, 0.29) is 6.03 Å². The minimum atomic E-state index is -0.0367. The van der Waals surface area contributed by atoms with E-state index in [9.17, 15) is 4.79 Å². The minimum absolute atomic E-state index is 0.0367. The number of rotatable bonds is 3.